The van der Waals surface area contributed by atoms with E-state index in [0.717, 1.165) is 5.56 Å². The van der Waals surface area contributed by atoms with Crippen LogP contribution in [0.4, 0.5) is 0 Å². The zero-order valence-electron chi connectivity index (χ0n) is 40.4. The minimum Gasteiger partial charge on any atom is -0.481 e. The molecular formula is C46H72N4O19S. The van der Waals surface area contributed by atoms with Crippen molar-refractivity contribution < 1.29 is 90.6 Å². The van der Waals surface area contributed by atoms with Crippen molar-refractivity contribution in [1.29, 1.82) is 0 Å². The maximum Gasteiger partial charge on any atom is 0.326 e. The lowest BCUT2D eigenvalue weighted by Gasteiger charge is -2.14. The van der Waals surface area contributed by atoms with Gasteiger partial charge in [-0.05, 0) is 45.4 Å². The Hall–Kier alpha value is -5.69. The number of hydrogen-bond donors (Lipinski definition) is 7. The predicted molar refractivity (Wildman–Crippen MR) is 251 cm³/mol. The summed E-state index contributed by atoms with van der Waals surface area (Å²) in [6, 6.07) is 6.41. The average Bonchev–Trinajstić information content (AvgIpc) is 3.29. The molecule has 0 saturated carbocycles. The second-order valence-electron chi connectivity index (χ2n) is 15.8. The van der Waals surface area contributed by atoms with Crippen molar-refractivity contribution in [1.82, 2.24) is 20.7 Å². The number of carbonyl (C=O) groups is 10. The van der Waals surface area contributed by atoms with Crippen LogP contribution < -0.4 is 20.7 Å². The lowest BCUT2D eigenvalue weighted by atomic mass is 9.97. The Labute approximate surface area is 408 Å². The van der Waals surface area contributed by atoms with Crippen molar-refractivity contribution in [3.63, 3.8) is 0 Å². The molecule has 4 amide bonds. The van der Waals surface area contributed by atoms with Crippen molar-refractivity contribution in [2.45, 2.75) is 117 Å². The van der Waals surface area contributed by atoms with Gasteiger partial charge in [0.15, 0.2) is 11.6 Å². The highest BCUT2D eigenvalue weighted by Gasteiger charge is 2.24. The van der Waals surface area contributed by atoms with E-state index in [1.165, 1.54) is 0 Å². The first-order valence-corrected chi connectivity index (χ1v) is 24.8. The number of carboxylic acid groups (broad SMARTS) is 3. The van der Waals surface area contributed by atoms with Crippen LogP contribution in [0, 0.1) is 12.8 Å². The summed E-state index contributed by atoms with van der Waals surface area (Å²) in [5.41, 5.74) is 1.82. The van der Waals surface area contributed by atoms with Crippen LogP contribution >= 0.6 is 0 Å². The second kappa shape index (κ2) is 39.1. The molecule has 1 aromatic rings. The Kier molecular flexibility index (Phi) is 35.9. The Bertz CT molecular complexity index is 1910. The fourth-order valence-electron chi connectivity index (χ4n) is 5.76. The summed E-state index contributed by atoms with van der Waals surface area (Å²) in [6.07, 6.45) is 1.53. The smallest absolute Gasteiger partial charge is 0.326 e. The molecule has 0 bridgehead atoms. The highest BCUT2D eigenvalue weighted by atomic mass is 32.2. The number of carboxylic acids is 3. The van der Waals surface area contributed by atoms with E-state index in [0.29, 0.717) is 64.0 Å². The van der Waals surface area contributed by atoms with Gasteiger partial charge < -0.3 is 50.2 Å². The van der Waals surface area contributed by atoms with Crippen LogP contribution in [-0.4, -0.2) is 160 Å². The summed E-state index contributed by atoms with van der Waals surface area (Å²) < 4.78 is 46.5. The summed E-state index contributed by atoms with van der Waals surface area (Å²) in [7, 11) is -3.95. The van der Waals surface area contributed by atoms with Gasteiger partial charge >= 0.3 is 17.9 Å². The maximum absolute atomic E-state index is 12.1. The molecule has 0 fully saturated rings. The molecule has 23 nitrogen and oxygen atoms in total. The maximum atomic E-state index is 12.1. The summed E-state index contributed by atoms with van der Waals surface area (Å²) >= 11 is 0. The predicted octanol–water partition coefficient (Wildman–Crippen LogP) is 1.90. The van der Waals surface area contributed by atoms with Gasteiger partial charge in [0.2, 0.25) is 33.7 Å². The minimum absolute atomic E-state index is 0.000431. The molecule has 396 valence electrons. The molecule has 0 radical (unpaired) electrons. The number of benzene rings is 1. The van der Waals surface area contributed by atoms with Gasteiger partial charge in [-0.25, -0.2) is 13.2 Å². The van der Waals surface area contributed by atoms with E-state index in [9.17, 15) is 61.5 Å². The van der Waals surface area contributed by atoms with E-state index in [1.54, 1.807) is 6.92 Å². The molecule has 0 aromatic heterocycles. The van der Waals surface area contributed by atoms with Gasteiger partial charge in [0.1, 0.15) is 25.0 Å². The lowest BCUT2D eigenvalue weighted by molar-refractivity contribution is -0.145. The van der Waals surface area contributed by atoms with Crippen LogP contribution in [0.1, 0.15) is 120 Å². The number of carbonyl (C=O) groups excluding carboxylic acids is 7. The summed E-state index contributed by atoms with van der Waals surface area (Å²) in [5.74, 6) is -7.43. The average molecular weight is 1020 g/mol. The Balaban J connectivity index is 0.00000151. The Morgan fingerprint density at radius 2 is 1.20 bits per heavy atom. The van der Waals surface area contributed by atoms with Crippen LogP contribution in [0.25, 0.3) is 0 Å². The van der Waals surface area contributed by atoms with Crippen molar-refractivity contribution in [3.05, 3.63) is 35.4 Å². The van der Waals surface area contributed by atoms with Crippen LogP contribution in [0.2, 0.25) is 0 Å². The Morgan fingerprint density at radius 1 is 0.586 bits per heavy atom. The normalized spacial score (nSPS) is 11.8. The first-order chi connectivity index (χ1) is 33.2. The number of nitrogens with one attached hydrogen (secondary N) is 4. The Morgan fingerprint density at radius 3 is 1.81 bits per heavy atom. The van der Waals surface area contributed by atoms with Gasteiger partial charge in [0, 0.05) is 76.6 Å². The van der Waals surface area contributed by atoms with Crippen molar-refractivity contribution >= 4 is 68.9 Å². The van der Waals surface area contributed by atoms with Crippen LogP contribution in [0.5, 0.6) is 0 Å². The van der Waals surface area contributed by atoms with Gasteiger partial charge in [0.25, 0.3) is 0 Å². The molecule has 2 unspecified atom stereocenters. The molecule has 0 aliphatic rings. The van der Waals surface area contributed by atoms with Crippen LogP contribution in [-0.2, 0) is 72.1 Å². The molecule has 1 rings (SSSR count). The number of hydrogen-bond acceptors (Lipinski definition) is 16. The molecule has 0 spiro atoms. The number of aliphatic carboxylic acids is 3. The first kappa shape index (κ1) is 64.3. The topological polar surface area (TPSA) is 351 Å². The standard InChI is InChI=1S/C25H41N3O14S.C21H31NO5/c1-2-19(25(37)38)27-21(31)9-8-17(24(35)36)15-18(29)16-42-13-12-41-11-10-26-20(30)6-4-14-43(39,40)28-22(32)5-3-7-23(33)34;1-3-19(23)6-5-13-26-14-15-27-16-21(25)22-12-4-7-20(24)18-10-8-17(2)9-11-18/h17,19H,2-16H2,1H3,(H,26,30)(H,27,31)(H,28,32)(H,33,34)(H,35,36)(H,37,38);8-11H,3-7,12-16H2,1-2H3,(H,22,25). The molecule has 24 heteroatoms. The van der Waals surface area contributed by atoms with Gasteiger partial charge in [-0.1, -0.05) is 43.7 Å². The largest absolute Gasteiger partial charge is 0.481 e. The summed E-state index contributed by atoms with van der Waals surface area (Å²) in [4.78, 5) is 115. The number of amides is 4. The molecule has 7 N–H and O–H groups in total. The third kappa shape index (κ3) is 36.3. The van der Waals surface area contributed by atoms with E-state index in [4.69, 9.17) is 29.2 Å². The van der Waals surface area contributed by atoms with Crippen LogP contribution in [0.3, 0.4) is 0 Å². The highest BCUT2D eigenvalue weighted by molar-refractivity contribution is 7.90. The second-order valence-corrected chi connectivity index (χ2v) is 17.6. The zero-order chi connectivity index (χ0) is 52.7. The van der Waals surface area contributed by atoms with E-state index in [2.05, 4.69) is 16.0 Å². The van der Waals surface area contributed by atoms with E-state index in [-0.39, 0.29) is 115 Å². The monoisotopic (exact) mass is 1020 g/mol. The molecule has 0 aliphatic carbocycles. The summed E-state index contributed by atoms with van der Waals surface area (Å²) in [5, 5.41) is 34.3. The third-order valence-corrected chi connectivity index (χ3v) is 11.1. The number of rotatable bonds is 41. The van der Waals surface area contributed by atoms with E-state index >= 15 is 0 Å². The third-order valence-electron chi connectivity index (χ3n) is 9.69. The van der Waals surface area contributed by atoms with Gasteiger partial charge in [0.05, 0.1) is 44.7 Å². The fraction of sp³-hybridized carbons (Fsp3) is 0.652. The SMILES string of the molecule is CCC(=O)CCCOCCOCC(=O)NCCCC(=O)c1ccc(C)cc1.CCC(NC(=O)CCC(CC(=O)COCCOCCNC(=O)CCCS(=O)(=O)NC(=O)CCCC(=O)O)C(=O)O)C(=O)O. The van der Waals surface area contributed by atoms with Crippen molar-refractivity contribution in [2.24, 2.45) is 5.92 Å². The number of aryl methyl sites for hydroxylation is 1. The zero-order valence-corrected chi connectivity index (χ0v) is 41.2. The highest BCUT2D eigenvalue weighted by Crippen LogP contribution is 2.13. The van der Waals surface area contributed by atoms with E-state index in [1.807, 2.05) is 42.8 Å². The summed E-state index contributed by atoms with van der Waals surface area (Å²) in [6.45, 7) is 7.00. The van der Waals surface area contributed by atoms with Gasteiger partial charge in [-0.15, -0.1) is 0 Å². The van der Waals surface area contributed by atoms with Gasteiger partial charge in [-0.3, -0.25) is 47.9 Å². The van der Waals surface area contributed by atoms with E-state index < -0.39 is 69.1 Å². The number of ketones is 3. The van der Waals surface area contributed by atoms with Crippen LogP contribution in [0.15, 0.2) is 24.3 Å². The van der Waals surface area contributed by atoms with Gasteiger partial charge in [-0.2, -0.15) is 0 Å². The van der Waals surface area contributed by atoms with Crippen molar-refractivity contribution in [2.75, 3.05) is 71.7 Å². The number of sulfonamides is 1. The molecule has 0 heterocycles. The molecule has 70 heavy (non-hydrogen) atoms. The molecule has 0 aliphatic heterocycles. The molecule has 2 atom stereocenters. The quantitative estimate of drug-likeness (QED) is 0.0364. The molecular weight excluding hydrogens is 945 g/mol. The number of ether oxygens (including phenoxy) is 4. The first-order valence-electron chi connectivity index (χ1n) is 23.2. The minimum atomic E-state index is -3.95. The molecule has 0 saturated heterocycles. The fourth-order valence-corrected chi connectivity index (χ4v) is 6.83. The lowest BCUT2D eigenvalue weighted by Crippen LogP contribution is -2.40. The number of Topliss-reactive ketones (excluding diaryl/α,β-unsaturated/α-hetero) is 3. The molecule has 1 aromatic carbocycles. The van der Waals surface area contributed by atoms with Crippen molar-refractivity contribution in [3.8, 4) is 0 Å².